The Labute approximate surface area is 132 Å². The molecule has 1 rings (SSSR count). The van der Waals surface area contributed by atoms with Gasteiger partial charge in [0.2, 0.25) is 0 Å². The lowest BCUT2D eigenvalue weighted by molar-refractivity contribution is 0.0956. The van der Waals surface area contributed by atoms with Gasteiger partial charge in [-0.2, -0.15) is 11.8 Å². The molecular formula is C16H27N3OS. The number of hydrogen-bond acceptors (Lipinski definition) is 4. The van der Waals surface area contributed by atoms with Gasteiger partial charge >= 0.3 is 0 Å². The number of rotatable bonds is 8. The number of hydrogen-bond donors (Lipinski definition) is 3. The first-order valence-corrected chi connectivity index (χ1v) is 8.71. The molecule has 0 saturated heterocycles. The molecule has 5 heteroatoms. The summed E-state index contributed by atoms with van der Waals surface area (Å²) in [6.07, 6.45) is 4.32. The highest BCUT2D eigenvalue weighted by Crippen LogP contribution is 2.31. The van der Waals surface area contributed by atoms with Crippen LogP contribution in [0.3, 0.4) is 0 Å². The molecule has 118 valence electrons. The van der Waals surface area contributed by atoms with Gasteiger partial charge in [-0.1, -0.05) is 13.8 Å². The number of thioether (sulfide) groups is 1. The van der Waals surface area contributed by atoms with Crippen LogP contribution in [0.4, 0.5) is 11.4 Å². The van der Waals surface area contributed by atoms with Crippen molar-refractivity contribution in [1.82, 2.24) is 5.32 Å². The van der Waals surface area contributed by atoms with E-state index < -0.39 is 0 Å². The Bertz CT molecular complexity index is 464. The number of nitrogens with one attached hydrogen (secondary N) is 2. The summed E-state index contributed by atoms with van der Waals surface area (Å²) in [5, 5.41) is 6.22. The van der Waals surface area contributed by atoms with E-state index in [9.17, 15) is 4.79 Å². The summed E-state index contributed by atoms with van der Waals surface area (Å²) in [5.41, 5.74) is 8.16. The third kappa shape index (κ3) is 4.56. The summed E-state index contributed by atoms with van der Waals surface area (Å²) < 4.78 is 0.203. The molecule has 0 aromatic heterocycles. The summed E-state index contributed by atoms with van der Waals surface area (Å²) >= 11 is 1.88. The number of nitrogen functional groups attached to an aromatic ring is 1. The van der Waals surface area contributed by atoms with E-state index in [4.69, 9.17) is 5.73 Å². The Hall–Kier alpha value is -1.36. The maximum absolute atomic E-state index is 11.9. The average molecular weight is 309 g/mol. The molecule has 0 spiro atoms. The summed E-state index contributed by atoms with van der Waals surface area (Å²) in [6, 6.07) is 5.37. The zero-order valence-electron chi connectivity index (χ0n) is 13.5. The molecule has 4 nitrogen and oxygen atoms in total. The van der Waals surface area contributed by atoms with Crippen molar-refractivity contribution in [2.75, 3.05) is 30.4 Å². The first kappa shape index (κ1) is 17.7. The standard InChI is InChI=1S/C16H27N3OS/c1-5-16(6-2,21-4)11-19-14-10-12(8-9-13(14)17)15(20)18-7-3/h8-10,19H,5-7,11,17H2,1-4H3,(H,18,20). The largest absolute Gasteiger partial charge is 0.397 e. The first-order valence-electron chi connectivity index (χ1n) is 7.48. The van der Waals surface area contributed by atoms with Gasteiger partial charge in [-0.15, -0.1) is 0 Å². The van der Waals surface area contributed by atoms with Gasteiger partial charge in [-0.3, -0.25) is 4.79 Å². The lowest BCUT2D eigenvalue weighted by atomic mass is 10.0. The van der Waals surface area contributed by atoms with Gasteiger partial charge in [0, 0.05) is 23.4 Å². The van der Waals surface area contributed by atoms with E-state index in [2.05, 4.69) is 30.7 Å². The van der Waals surface area contributed by atoms with E-state index in [1.54, 1.807) is 12.1 Å². The molecule has 0 saturated carbocycles. The number of carbonyl (C=O) groups is 1. The molecule has 1 amide bonds. The number of nitrogens with two attached hydrogens (primary N) is 1. The molecule has 1 aromatic carbocycles. The maximum Gasteiger partial charge on any atom is 0.251 e. The average Bonchev–Trinajstić information content (AvgIpc) is 2.51. The third-order valence-electron chi connectivity index (χ3n) is 3.98. The van der Waals surface area contributed by atoms with E-state index in [1.807, 2.05) is 24.8 Å². The maximum atomic E-state index is 11.9. The van der Waals surface area contributed by atoms with Crippen LogP contribution >= 0.6 is 11.8 Å². The zero-order valence-corrected chi connectivity index (χ0v) is 14.3. The fourth-order valence-corrected chi connectivity index (χ4v) is 3.02. The van der Waals surface area contributed by atoms with Gasteiger partial charge in [0.25, 0.3) is 5.91 Å². The summed E-state index contributed by atoms with van der Waals surface area (Å²) in [5.74, 6) is -0.0670. The second-order valence-electron chi connectivity index (χ2n) is 5.11. The molecule has 1 aromatic rings. The lowest BCUT2D eigenvalue weighted by Crippen LogP contribution is -2.32. The SMILES string of the molecule is CCNC(=O)c1ccc(N)c(NCC(CC)(CC)SC)c1. The molecule has 0 radical (unpaired) electrons. The summed E-state index contributed by atoms with van der Waals surface area (Å²) in [7, 11) is 0. The van der Waals surface area contributed by atoms with Crippen LogP contribution < -0.4 is 16.4 Å². The van der Waals surface area contributed by atoms with Crippen molar-refractivity contribution in [2.45, 2.75) is 38.4 Å². The van der Waals surface area contributed by atoms with Crippen LogP contribution in [0.25, 0.3) is 0 Å². The Morgan fingerprint density at radius 1 is 1.29 bits per heavy atom. The quantitative estimate of drug-likeness (QED) is 0.644. The Morgan fingerprint density at radius 3 is 2.48 bits per heavy atom. The van der Waals surface area contributed by atoms with Gasteiger partial charge in [-0.05, 0) is 44.2 Å². The number of carbonyl (C=O) groups excluding carboxylic acids is 1. The number of benzene rings is 1. The van der Waals surface area contributed by atoms with Crippen LogP contribution in [0.5, 0.6) is 0 Å². The molecule has 0 unspecified atom stereocenters. The normalized spacial score (nSPS) is 11.2. The number of anilines is 2. The van der Waals surface area contributed by atoms with Gasteiger partial charge in [0.05, 0.1) is 11.4 Å². The van der Waals surface area contributed by atoms with Crippen LogP contribution in [-0.2, 0) is 0 Å². The summed E-state index contributed by atoms with van der Waals surface area (Å²) in [4.78, 5) is 11.9. The van der Waals surface area contributed by atoms with E-state index in [1.165, 1.54) is 0 Å². The van der Waals surface area contributed by atoms with Gasteiger partial charge < -0.3 is 16.4 Å². The van der Waals surface area contributed by atoms with Crippen molar-refractivity contribution < 1.29 is 4.79 Å². The topological polar surface area (TPSA) is 67.2 Å². The molecule has 0 fully saturated rings. The first-order chi connectivity index (χ1) is 10.0. The fraction of sp³-hybridized carbons (Fsp3) is 0.562. The van der Waals surface area contributed by atoms with Crippen LogP contribution in [0.2, 0.25) is 0 Å². The molecule has 0 aliphatic carbocycles. The molecule has 0 bridgehead atoms. The summed E-state index contributed by atoms with van der Waals surface area (Å²) in [6.45, 7) is 7.77. The highest BCUT2D eigenvalue weighted by atomic mass is 32.2. The smallest absolute Gasteiger partial charge is 0.251 e. The van der Waals surface area contributed by atoms with E-state index >= 15 is 0 Å². The Morgan fingerprint density at radius 2 is 1.95 bits per heavy atom. The monoisotopic (exact) mass is 309 g/mol. The highest BCUT2D eigenvalue weighted by Gasteiger charge is 2.24. The minimum atomic E-state index is -0.0670. The van der Waals surface area contributed by atoms with Crippen molar-refractivity contribution in [3.63, 3.8) is 0 Å². The molecule has 21 heavy (non-hydrogen) atoms. The second kappa shape index (κ2) is 8.17. The third-order valence-corrected chi connectivity index (χ3v) is 5.56. The van der Waals surface area contributed by atoms with Gasteiger partial charge in [0.1, 0.15) is 0 Å². The van der Waals surface area contributed by atoms with E-state index in [0.717, 1.165) is 25.1 Å². The predicted octanol–water partition coefficient (Wildman–Crippen LogP) is 3.35. The van der Waals surface area contributed by atoms with Crippen molar-refractivity contribution in [1.29, 1.82) is 0 Å². The Kier molecular flexibility index (Phi) is 6.89. The van der Waals surface area contributed by atoms with Crippen molar-refractivity contribution in [3.05, 3.63) is 23.8 Å². The van der Waals surface area contributed by atoms with Crippen LogP contribution in [0.1, 0.15) is 44.0 Å². The Balaban J connectivity index is 2.87. The molecular weight excluding hydrogens is 282 g/mol. The molecule has 0 atom stereocenters. The molecule has 0 aliphatic rings. The lowest BCUT2D eigenvalue weighted by Gasteiger charge is -2.30. The zero-order chi connectivity index (χ0) is 15.9. The number of amides is 1. The van der Waals surface area contributed by atoms with E-state index in [0.29, 0.717) is 17.8 Å². The van der Waals surface area contributed by atoms with Crippen molar-refractivity contribution in [3.8, 4) is 0 Å². The van der Waals surface area contributed by atoms with Gasteiger partial charge in [-0.25, -0.2) is 0 Å². The van der Waals surface area contributed by atoms with Crippen LogP contribution in [-0.4, -0.2) is 30.0 Å². The molecule has 0 heterocycles. The van der Waals surface area contributed by atoms with Crippen molar-refractivity contribution >= 4 is 29.0 Å². The minimum Gasteiger partial charge on any atom is -0.397 e. The highest BCUT2D eigenvalue weighted by molar-refractivity contribution is 8.00. The van der Waals surface area contributed by atoms with Crippen LogP contribution in [0.15, 0.2) is 18.2 Å². The minimum absolute atomic E-state index is 0.0670. The molecule has 0 aliphatic heterocycles. The van der Waals surface area contributed by atoms with Gasteiger partial charge in [0.15, 0.2) is 0 Å². The predicted molar refractivity (Wildman–Crippen MR) is 94.2 cm³/mol. The van der Waals surface area contributed by atoms with Crippen molar-refractivity contribution in [2.24, 2.45) is 0 Å². The second-order valence-corrected chi connectivity index (χ2v) is 6.38. The molecule has 4 N–H and O–H groups in total. The fourth-order valence-electron chi connectivity index (χ4n) is 2.23. The van der Waals surface area contributed by atoms with E-state index in [-0.39, 0.29) is 10.7 Å². The van der Waals surface area contributed by atoms with Crippen LogP contribution in [0, 0.1) is 0 Å².